The van der Waals surface area contributed by atoms with Crippen LogP contribution in [0.5, 0.6) is 0 Å². The van der Waals surface area contributed by atoms with Crippen molar-refractivity contribution in [2.45, 2.75) is 51.5 Å². The number of amides is 1. The number of ketones is 1. The number of allylic oxidation sites excluding steroid dienone is 3. The molecule has 3 aliphatic rings. The van der Waals surface area contributed by atoms with Gasteiger partial charge in [0.05, 0.1) is 11.9 Å². The van der Waals surface area contributed by atoms with Gasteiger partial charge in [0.15, 0.2) is 17.4 Å². The van der Waals surface area contributed by atoms with Crippen LogP contribution in [0.15, 0.2) is 60.1 Å². The lowest BCUT2D eigenvalue weighted by molar-refractivity contribution is -0.122. The molecule has 6 rings (SSSR count). The number of nitrogens with one attached hydrogen (secondary N) is 1. The predicted octanol–water partition coefficient (Wildman–Crippen LogP) is 5.53. The van der Waals surface area contributed by atoms with E-state index >= 15 is 0 Å². The van der Waals surface area contributed by atoms with E-state index in [-0.39, 0.29) is 23.0 Å². The highest BCUT2D eigenvalue weighted by atomic mass is 19.2. The first-order valence-corrected chi connectivity index (χ1v) is 13.1. The highest BCUT2D eigenvalue weighted by Gasteiger charge is 2.43. The van der Waals surface area contributed by atoms with E-state index in [1.165, 1.54) is 6.07 Å². The van der Waals surface area contributed by atoms with Gasteiger partial charge in [0.25, 0.3) is 0 Å². The van der Waals surface area contributed by atoms with Gasteiger partial charge in [0, 0.05) is 40.9 Å². The third kappa shape index (κ3) is 4.66. The number of carbonyl (C=O) groups excluding carboxylic acids is 2. The van der Waals surface area contributed by atoms with Crippen molar-refractivity contribution in [3.63, 3.8) is 0 Å². The van der Waals surface area contributed by atoms with Crippen LogP contribution in [0.1, 0.15) is 62.7 Å². The highest BCUT2D eigenvalue weighted by molar-refractivity contribution is 6.01. The van der Waals surface area contributed by atoms with Crippen LogP contribution in [0.2, 0.25) is 0 Å². The Kier molecular flexibility index (Phi) is 5.97. The van der Waals surface area contributed by atoms with Gasteiger partial charge in [0.1, 0.15) is 11.9 Å². The predicted molar refractivity (Wildman–Crippen MR) is 143 cm³/mol. The zero-order chi connectivity index (χ0) is 27.5. The molecule has 2 unspecified atom stereocenters. The van der Waals surface area contributed by atoms with Gasteiger partial charge >= 0.3 is 0 Å². The second-order valence-corrected chi connectivity index (χ2v) is 11.5. The molecule has 3 aromatic rings. The Labute approximate surface area is 224 Å². The fourth-order valence-corrected chi connectivity index (χ4v) is 5.76. The lowest BCUT2D eigenvalue weighted by atomic mass is 9.71. The second-order valence-electron chi connectivity index (χ2n) is 11.5. The molecule has 2 aliphatic carbocycles. The smallest absolute Gasteiger partial charge is 0.242 e. The van der Waals surface area contributed by atoms with Crippen LogP contribution in [0.3, 0.4) is 0 Å². The van der Waals surface area contributed by atoms with Crippen LogP contribution in [-0.4, -0.2) is 26.5 Å². The summed E-state index contributed by atoms with van der Waals surface area (Å²) in [6, 6.07) is 6.78. The lowest BCUT2D eigenvalue weighted by Crippen LogP contribution is -2.35. The van der Waals surface area contributed by atoms with Gasteiger partial charge in [-0.1, -0.05) is 32.1 Å². The molecular weight excluding hydrogens is 500 g/mol. The molecule has 200 valence electrons. The van der Waals surface area contributed by atoms with Crippen molar-refractivity contribution < 1.29 is 18.4 Å². The van der Waals surface area contributed by atoms with Crippen molar-refractivity contribution in [1.82, 2.24) is 14.8 Å². The van der Waals surface area contributed by atoms with E-state index in [1.807, 2.05) is 12.2 Å². The molecule has 2 atom stereocenters. The standard InChI is InChI=1S/C30H29F2N5O2/c1-30(2)12-24-26(25(38)13-30)20(21-15-35-37(29(21)36-24)27(28(33)39)16-3-4-16)9-8-19-7-5-18(14-34-19)17-6-10-22(31)23(32)11-17/h5-11,14-16,20,27,36H,3-4,12-13H2,1-2H3,(H2,33,39). The average molecular weight is 530 g/mol. The van der Waals surface area contributed by atoms with E-state index in [1.54, 1.807) is 29.2 Å². The summed E-state index contributed by atoms with van der Waals surface area (Å²) in [4.78, 5) is 30.2. The first-order valence-electron chi connectivity index (χ1n) is 13.1. The molecule has 0 radical (unpaired) electrons. The Morgan fingerprint density at radius 3 is 2.56 bits per heavy atom. The second kappa shape index (κ2) is 9.25. The number of Topliss-reactive ketones (excluding diaryl/α,β-unsaturated/α-hetero) is 1. The number of halogens is 2. The molecule has 1 fully saturated rings. The molecule has 0 spiro atoms. The fraction of sp³-hybridized carbons (Fsp3) is 0.333. The number of aromatic nitrogens is 3. The molecule has 7 nitrogen and oxygen atoms in total. The van der Waals surface area contributed by atoms with Crippen molar-refractivity contribution in [3.8, 4) is 11.1 Å². The Hall–Kier alpha value is -4.14. The molecule has 0 saturated heterocycles. The van der Waals surface area contributed by atoms with Crippen LogP contribution in [0.25, 0.3) is 17.2 Å². The molecule has 3 N–H and O–H groups in total. The van der Waals surface area contributed by atoms with Gasteiger partial charge in [-0.05, 0) is 60.4 Å². The summed E-state index contributed by atoms with van der Waals surface area (Å²) >= 11 is 0. The fourth-order valence-electron chi connectivity index (χ4n) is 5.76. The van der Waals surface area contributed by atoms with Crippen LogP contribution in [0.4, 0.5) is 14.6 Å². The van der Waals surface area contributed by atoms with E-state index in [2.05, 4.69) is 29.2 Å². The molecule has 9 heteroatoms. The third-order valence-electron chi connectivity index (χ3n) is 7.78. The number of anilines is 1. The summed E-state index contributed by atoms with van der Waals surface area (Å²) < 4.78 is 28.7. The highest BCUT2D eigenvalue weighted by Crippen LogP contribution is 2.49. The summed E-state index contributed by atoms with van der Waals surface area (Å²) in [6.45, 7) is 4.14. The van der Waals surface area contributed by atoms with E-state index in [9.17, 15) is 18.4 Å². The SMILES string of the molecule is CC1(C)CC(=O)C2=C(C1)Nc1c(cnn1C(C(N)=O)C1CC1)C2C=Cc1ccc(-c2ccc(F)c(F)c2)cn1. The van der Waals surface area contributed by atoms with Crippen molar-refractivity contribution in [2.24, 2.45) is 17.1 Å². The minimum Gasteiger partial charge on any atom is -0.368 e. The van der Waals surface area contributed by atoms with Crippen LogP contribution in [-0.2, 0) is 9.59 Å². The normalized spacial score (nSPS) is 20.9. The molecular formula is C30H29F2N5O2. The Morgan fingerprint density at radius 1 is 1.13 bits per heavy atom. The van der Waals surface area contributed by atoms with Gasteiger partial charge in [-0.15, -0.1) is 0 Å². The van der Waals surface area contributed by atoms with E-state index in [4.69, 9.17) is 5.73 Å². The molecule has 3 heterocycles. The van der Waals surface area contributed by atoms with Crippen molar-refractivity contribution >= 4 is 23.6 Å². The Morgan fingerprint density at radius 2 is 1.90 bits per heavy atom. The molecule has 1 saturated carbocycles. The third-order valence-corrected chi connectivity index (χ3v) is 7.78. The number of benzene rings is 1. The number of hydrogen-bond acceptors (Lipinski definition) is 5. The minimum atomic E-state index is -0.914. The first kappa shape index (κ1) is 25.2. The Bertz CT molecular complexity index is 1550. The number of hydrogen-bond donors (Lipinski definition) is 2. The lowest BCUT2D eigenvalue weighted by Gasteiger charge is -2.38. The molecule has 2 aromatic heterocycles. The average Bonchev–Trinajstić information content (AvgIpc) is 3.63. The number of primary amides is 1. The summed E-state index contributed by atoms with van der Waals surface area (Å²) in [5.74, 6) is -1.65. The summed E-state index contributed by atoms with van der Waals surface area (Å²) in [6.07, 6.45) is 10.1. The first-order chi connectivity index (χ1) is 18.6. The van der Waals surface area contributed by atoms with E-state index in [0.29, 0.717) is 41.1 Å². The van der Waals surface area contributed by atoms with Gasteiger partial charge < -0.3 is 11.1 Å². The van der Waals surface area contributed by atoms with Gasteiger partial charge in [0.2, 0.25) is 5.91 Å². The number of nitrogens with zero attached hydrogens (tertiary/aromatic N) is 3. The van der Waals surface area contributed by atoms with E-state index in [0.717, 1.165) is 36.2 Å². The van der Waals surface area contributed by atoms with Gasteiger partial charge in [-0.2, -0.15) is 5.10 Å². The molecule has 1 amide bonds. The van der Waals surface area contributed by atoms with Crippen molar-refractivity contribution in [2.75, 3.05) is 5.32 Å². The molecule has 0 bridgehead atoms. The number of pyridine rings is 1. The quantitative estimate of drug-likeness (QED) is 0.437. The van der Waals surface area contributed by atoms with Gasteiger partial charge in [-0.25, -0.2) is 13.5 Å². The van der Waals surface area contributed by atoms with E-state index < -0.39 is 23.6 Å². The van der Waals surface area contributed by atoms with Crippen molar-refractivity contribution in [1.29, 1.82) is 0 Å². The zero-order valence-corrected chi connectivity index (χ0v) is 21.7. The van der Waals surface area contributed by atoms with Crippen LogP contribution >= 0.6 is 0 Å². The number of nitrogens with two attached hydrogens (primary N) is 1. The molecule has 39 heavy (non-hydrogen) atoms. The number of fused-ring (bicyclic) bond motifs is 1. The van der Waals surface area contributed by atoms with Crippen molar-refractivity contribution in [3.05, 3.63) is 83.0 Å². The topological polar surface area (TPSA) is 103 Å². The molecule has 1 aromatic carbocycles. The summed E-state index contributed by atoms with van der Waals surface area (Å²) in [5, 5.41) is 8.03. The maximum absolute atomic E-state index is 13.7. The minimum absolute atomic E-state index is 0.0806. The van der Waals surface area contributed by atoms with Crippen LogP contribution < -0.4 is 11.1 Å². The largest absolute Gasteiger partial charge is 0.368 e. The summed E-state index contributed by atoms with van der Waals surface area (Å²) in [7, 11) is 0. The molecule has 1 aliphatic heterocycles. The zero-order valence-electron chi connectivity index (χ0n) is 21.7. The number of rotatable bonds is 6. The van der Waals surface area contributed by atoms with Gasteiger partial charge in [-0.3, -0.25) is 14.6 Å². The Balaban J connectivity index is 1.36. The number of carbonyl (C=O) groups is 2. The summed E-state index contributed by atoms with van der Waals surface area (Å²) in [5.41, 5.74) is 9.78. The maximum Gasteiger partial charge on any atom is 0.242 e. The monoisotopic (exact) mass is 529 g/mol. The maximum atomic E-state index is 13.7. The van der Waals surface area contributed by atoms with Crippen LogP contribution in [0, 0.1) is 23.0 Å².